The van der Waals surface area contributed by atoms with E-state index in [-0.39, 0.29) is 46.0 Å². The summed E-state index contributed by atoms with van der Waals surface area (Å²) in [6.45, 7) is 0. The van der Waals surface area contributed by atoms with E-state index in [2.05, 4.69) is 4.98 Å². The highest BCUT2D eigenvalue weighted by molar-refractivity contribution is 5.82. The Bertz CT molecular complexity index is 1650. The summed E-state index contributed by atoms with van der Waals surface area (Å²) in [5.41, 5.74) is -6.89. The summed E-state index contributed by atoms with van der Waals surface area (Å²) in [7, 11) is 3.68. The predicted octanol–water partition coefficient (Wildman–Crippen LogP) is 5.13. The number of hydrogen-bond donors (Lipinski definition) is 2. The molecule has 0 fully saturated rings. The van der Waals surface area contributed by atoms with E-state index in [1.54, 1.807) is 0 Å². The van der Waals surface area contributed by atoms with Crippen LogP contribution in [-0.2, 0) is 12.0 Å². The molecule has 1 unspecified atom stereocenters. The number of benzene rings is 3. The van der Waals surface area contributed by atoms with Crippen LogP contribution in [-0.4, -0.2) is 53.5 Å². The molecule has 15 heteroatoms. The highest BCUT2D eigenvalue weighted by Crippen LogP contribution is 2.50. The van der Waals surface area contributed by atoms with Gasteiger partial charge in [0.25, 0.3) is 11.2 Å². The van der Waals surface area contributed by atoms with Crippen LogP contribution in [0.1, 0.15) is 17.0 Å². The Morgan fingerprint density at radius 3 is 1.90 bits per heavy atom. The number of halogens is 6. The standard InChI is InChI=1S/C27H23F6N3O6/c1-36(39,40)18-10-4-15(5-11-18)12-23-34-20-14-22(42-3)21(41-2)13-19(20)24(37)35(23)17-8-6-16(7-9-17)25(38,26(28,29)30)27(31,32)33/h4-11,13-14,38-39H,12H2,1-3H3. The number of hydroxylamine groups is 2. The van der Waals surface area contributed by atoms with E-state index in [9.17, 15) is 46.7 Å². The zero-order valence-electron chi connectivity index (χ0n) is 22.1. The van der Waals surface area contributed by atoms with Crippen molar-refractivity contribution in [1.29, 1.82) is 0 Å². The fraction of sp³-hybridized carbons (Fsp3) is 0.259. The minimum Gasteiger partial charge on any atom is -0.593 e. The van der Waals surface area contributed by atoms with E-state index in [4.69, 9.17) is 9.47 Å². The van der Waals surface area contributed by atoms with E-state index in [0.29, 0.717) is 17.7 Å². The van der Waals surface area contributed by atoms with Gasteiger partial charge < -0.3 is 19.8 Å². The molecule has 1 aromatic heterocycles. The van der Waals surface area contributed by atoms with E-state index < -0.39 is 33.9 Å². The number of ether oxygens (including phenoxy) is 2. The van der Waals surface area contributed by atoms with Crippen LogP contribution >= 0.6 is 0 Å². The molecule has 0 saturated heterocycles. The molecule has 4 rings (SSSR count). The number of quaternary nitrogens is 1. The summed E-state index contributed by atoms with van der Waals surface area (Å²) in [6.07, 6.45) is -12.3. The summed E-state index contributed by atoms with van der Waals surface area (Å²) in [6, 6.07) is 10.9. The molecular formula is C27H23F6N3O6. The Morgan fingerprint density at radius 1 is 0.905 bits per heavy atom. The van der Waals surface area contributed by atoms with E-state index in [0.717, 1.165) is 23.7 Å². The molecule has 2 N–H and O–H groups in total. The van der Waals surface area contributed by atoms with Crippen LogP contribution in [0.3, 0.4) is 0 Å². The topological polar surface area (TPSA) is 117 Å². The normalized spacial score (nSPS) is 14.1. The number of aromatic nitrogens is 2. The van der Waals surface area contributed by atoms with Gasteiger partial charge in [0, 0.05) is 30.2 Å². The molecule has 3 aromatic carbocycles. The van der Waals surface area contributed by atoms with Crippen molar-refractivity contribution in [2.24, 2.45) is 0 Å². The van der Waals surface area contributed by atoms with Crippen LogP contribution in [0.4, 0.5) is 32.0 Å². The molecule has 0 aliphatic heterocycles. The molecule has 0 aliphatic carbocycles. The molecule has 42 heavy (non-hydrogen) atoms. The van der Waals surface area contributed by atoms with Crippen LogP contribution in [0.5, 0.6) is 11.5 Å². The quantitative estimate of drug-likeness (QED) is 0.172. The van der Waals surface area contributed by atoms with Crippen LogP contribution in [0.15, 0.2) is 65.5 Å². The first-order valence-electron chi connectivity index (χ1n) is 12.0. The summed E-state index contributed by atoms with van der Waals surface area (Å²) >= 11 is 0. The number of alkyl halides is 6. The fourth-order valence-electron chi connectivity index (χ4n) is 4.36. The van der Waals surface area contributed by atoms with Crippen LogP contribution < -0.4 is 19.8 Å². The Labute approximate surface area is 233 Å². The highest BCUT2D eigenvalue weighted by atomic mass is 19.4. The second-order valence-corrected chi connectivity index (χ2v) is 9.37. The average Bonchev–Trinajstić information content (AvgIpc) is 2.91. The SMILES string of the molecule is COc1cc2nc(Cc3ccc([N+](C)([O-])O)cc3)n(-c3ccc(C(O)(C(F)(F)F)C(F)(F)F)cc3)c(=O)c2cc1OC. The first-order chi connectivity index (χ1) is 19.4. The Hall–Kier alpha value is -4.18. The Kier molecular flexibility index (Phi) is 7.75. The van der Waals surface area contributed by atoms with Gasteiger partial charge in [-0.2, -0.15) is 31.2 Å². The Balaban J connectivity index is 1.93. The molecule has 4 aromatic rings. The van der Waals surface area contributed by atoms with E-state index >= 15 is 0 Å². The van der Waals surface area contributed by atoms with E-state index in [1.807, 2.05) is 0 Å². The summed E-state index contributed by atoms with van der Waals surface area (Å²) in [4.78, 5) is 16.6. The van der Waals surface area contributed by atoms with Crippen molar-refractivity contribution in [2.45, 2.75) is 24.4 Å². The van der Waals surface area contributed by atoms with Crippen molar-refractivity contribution in [1.82, 2.24) is 14.4 Å². The monoisotopic (exact) mass is 599 g/mol. The van der Waals surface area contributed by atoms with Gasteiger partial charge >= 0.3 is 12.4 Å². The number of fused-ring (bicyclic) bond motifs is 1. The third-order valence-electron chi connectivity index (χ3n) is 6.58. The van der Waals surface area contributed by atoms with Crippen molar-refractivity contribution in [2.75, 3.05) is 21.3 Å². The van der Waals surface area contributed by atoms with Crippen molar-refractivity contribution < 1.29 is 46.1 Å². The van der Waals surface area contributed by atoms with Gasteiger partial charge in [-0.15, -0.1) is 0 Å². The lowest BCUT2D eigenvalue weighted by Gasteiger charge is -2.32. The molecule has 9 nitrogen and oxygen atoms in total. The molecular weight excluding hydrogens is 576 g/mol. The van der Waals surface area contributed by atoms with Gasteiger partial charge in [0.2, 0.25) is 0 Å². The minimum absolute atomic E-state index is 0.00221. The number of nitrogens with zero attached hydrogens (tertiary/aromatic N) is 3. The third-order valence-corrected chi connectivity index (χ3v) is 6.58. The van der Waals surface area contributed by atoms with Crippen LogP contribution in [0.25, 0.3) is 16.6 Å². The predicted molar refractivity (Wildman–Crippen MR) is 139 cm³/mol. The molecule has 0 aliphatic rings. The molecule has 0 radical (unpaired) electrons. The van der Waals surface area contributed by atoms with Crippen molar-refractivity contribution in [3.05, 3.63) is 93.2 Å². The molecule has 224 valence electrons. The van der Waals surface area contributed by atoms with Gasteiger partial charge in [-0.05, 0) is 23.8 Å². The fourth-order valence-corrected chi connectivity index (χ4v) is 4.36. The average molecular weight is 599 g/mol. The van der Waals surface area contributed by atoms with Crippen molar-refractivity contribution in [3.8, 4) is 17.2 Å². The van der Waals surface area contributed by atoms with Gasteiger partial charge in [-0.25, -0.2) is 10.2 Å². The smallest absolute Gasteiger partial charge is 0.430 e. The molecule has 0 amide bonds. The maximum atomic E-state index is 13.7. The van der Waals surface area contributed by atoms with Crippen molar-refractivity contribution >= 4 is 16.6 Å². The number of methoxy groups -OCH3 is 2. The van der Waals surface area contributed by atoms with Crippen LogP contribution in [0, 0.1) is 5.21 Å². The molecule has 0 bridgehead atoms. The molecule has 0 saturated carbocycles. The van der Waals surface area contributed by atoms with Crippen molar-refractivity contribution in [3.63, 3.8) is 0 Å². The largest absolute Gasteiger partial charge is 0.593 e. The summed E-state index contributed by atoms with van der Waals surface area (Å²) in [5, 5.41) is 31.2. The second kappa shape index (κ2) is 10.6. The molecule has 0 spiro atoms. The summed E-state index contributed by atoms with van der Waals surface area (Å²) in [5.74, 6) is 0.422. The number of rotatable bonds is 7. The zero-order chi connectivity index (χ0) is 31.3. The lowest BCUT2D eigenvalue weighted by molar-refractivity contribution is -0.376. The number of aliphatic hydroxyl groups is 1. The Morgan fingerprint density at radius 2 is 1.43 bits per heavy atom. The highest BCUT2D eigenvalue weighted by Gasteiger charge is 2.71. The maximum absolute atomic E-state index is 13.7. The summed E-state index contributed by atoms with van der Waals surface area (Å²) < 4.78 is 91.9. The number of hydrogen-bond acceptors (Lipinski definition) is 7. The lowest BCUT2D eigenvalue weighted by atomic mass is 9.92. The molecule has 1 atom stereocenters. The van der Waals surface area contributed by atoms with Gasteiger partial charge in [0.1, 0.15) is 12.9 Å². The van der Waals surface area contributed by atoms with Gasteiger partial charge in [-0.1, -0.05) is 24.3 Å². The van der Waals surface area contributed by atoms with Gasteiger partial charge in [0.15, 0.2) is 17.2 Å². The van der Waals surface area contributed by atoms with Crippen LogP contribution in [0.2, 0.25) is 0 Å². The van der Waals surface area contributed by atoms with Gasteiger partial charge in [0.05, 0.1) is 30.8 Å². The maximum Gasteiger partial charge on any atom is 0.430 e. The minimum atomic E-state index is -6.09. The van der Waals surface area contributed by atoms with E-state index in [1.165, 1.54) is 50.6 Å². The second-order valence-electron chi connectivity index (χ2n) is 9.37. The first kappa shape index (κ1) is 30.8. The first-order valence-corrected chi connectivity index (χ1v) is 12.0. The third kappa shape index (κ3) is 5.38. The lowest BCUT2D eigenvalue weighted by Crippen LogP contribution is -2.53. The molecule has 1 heterocycles. The zero-order valence-corrected chi connectivity index (χ0v) is 22.1. The van der Waals surface area contributed by atoms with Gasteiger partial charge in [-0.3, -0.25) is 9.36 Å².